The molecule has 6 rings (SSSR count). The lowest BCUT2D eigenvalue weighted by atomic mass is 9.97. The Kier molecular flexibility index (Phi) is 12.1. The van der Waals surface area contributed by atoms with Crippen LogP contribution in [0.3, 0.4) is 0 Å². The summed E-state index contributed by atoms with van der Waals surface area (Å²) < 4.78 is 31.9. The molecule has 2 unspecified atom stereocenters. The lowest BCUT2D eigenvalue weighted by Gasteiger charge is -2.29. The molecule has 2 aliphatic heterocycles. The second kappa shape index (κ2) is 16.2. The van der Waals surface area contributed by atoms with Crippen molar-refractivity contribution in [2.75, 3.05) is 19.7 Å². The molecule has 1 saturated heterocycles. The number of carbonyl (C=O) groups excluding carboxylic acids is 1. The Balaban J connectivity index is 0.000000323. The van der Waals surface area contributed by atoms with Crippen LogP contribution in [0.4, 0.5) is 0 Å². The number of benzene rings is 4. The first-order valence-electron chi connectivity index (χ1n) is 14.6. The molecule has 0 radical (unpaired) electrons. The predicted octanol–water partition coefficient (Wildman–Crippen LogP) is 7.07. The van der Waals surface area contributed by atoms with Gasteiger partial charge < -0.3 is 10.1 Å². The van der Waals surface area contributed by atoms with Crippen molar-refractivity contribution in [1.82, 2.24) is 10.2 Å². The highest BCUT2D eigenvalue weighted by molar-refractivity contribution is 7.61. The van der Waals surface area contributed by atoms with Gasteiger partial charge in [0.25, 0.3) is 0 Å². The number of likely N-dealkylation sites (tertiary alicyclic amines) is 1. The van der Waals surface area contributed by atoms with Crippen LogP contribution in [0.25, 0.3) is 10.8 Å². The van der Waals surface area contributed by atoms with Crippen LogP contribution in [0.1, 0.15) is 60.9 Å². The summed E-state index contributed by atoms with van der Waals surface area (Å²) in [6, 6.07) is 31.1. The molecule has 9 heteroatoms. The number of ether oxygens (including phenoxy) is 1. The van der Waals surface area contributed by atoms with Gasteiger partial charge in [-0.2, -0.15) is 12.8 Å². The number of carbonyl (C=O) groups is 1. The molecule has 4 aromatic rings. The normalized spacial score (nSPS) is 16.7. The molecule has 2 aliphatic rings. The maximum atomic E-state index is 12.9. The van der Waals surface area contributed by atoms with Crippen LogP contribution in [0.2, 0.25) is 0 Å². The second-order valence-corrected chi connectivity index (χ2v) is 11.4. The zero-order valence-electron chi connectivity index (χ0n) is 24.1. The summed E-state index contributed by atoms with van der Waals surface area (Å²) in [6.45, 7) is 3.68. The van der Waals surface area contributed by atoms with E-state index in [1.165, 1.54) is 35.6 Å². The Bertz CT molecular complexity index is 1550. The lowest BCUT2D eigenvalue weighted by molar-refractivity contribution is -0.122. The Morgan fingerprint density at radius 1 is 0.884 bits per heavy atom. The third-order valence-corrected chi connectivity index (χ3v) is 8.17. The topological polar surface area (TPSA) is 88.1 Å². The molecule has 0 aromatic heterocycles. The van der Waals surface area contributed by atoms with Crippen molar-refractivity contribution in [1.29, 1.82) is 0 Å². The van der Waals surface area contributed by atoms with Gasteiger partial charge in [-0.15, -0.1) is 12.4 Å². The van der Waals surface area contributed by atoms with Crippen molar-refractivity contribution in [3.63, 3.8) is 0 Å². The summed E-state index contributed by atoms with van der Waals surface area (Å²) in [5.74, 6) is 0.571. The van der Waals surface area contributed by atoms with Gasteiger partial charge in [-0.3, -0.25) is 9.69 Å². The van der Waals surface area contributed by atoms with Crippen molar-refractivity contribution in [3.8, 4) is 5.75 Å². The number of nitrogens with one attached hydrogen (secondary N) is 1. The Labute approximate surface area is 261 Å². The van der Waals surface area contributed by atoms with Crippen LogP contribution in [-0.4, -0.2) is 38.9 Å². The molecular weight excluding hydrogens is 582 g/mol. The number of hydrogen-bond acceptors (Lipinski definition) is 6. The van der Waals surface area contributed by atoms with Gasteiger partial charge >= 0.3 is 10.5 Å². The highest BCUT2D eigenvalue weighted by Gasteiger charge is 2.25. The molecule has 0 spiro atoms. The van der Waals surface area contributed by atoms with E-state index in [2.05, 4.69) is 75.2 Å². The molecule has 2 atom stereocenters. The molecule has 7 nitrogen and oxygen atoms in total. The molecule has 226 valence electrons. The maximum Gasteiger partial charge on any atom is 0.311 e. The van der Waals surface area contributed by atoms with Gasteiger partial charge in [-0.1, -0.05) is 91.3 Å². The van der Waals surface area contributed by atoms with Crippen LogP contribution < -0.4 is 10.1 Å². The molecule has 0 bridgehead atoms. The first-order valence-corrected chi connectivity index (χ1v) is 15.6. The van der Waals surface area contributed by atoms with Crippen LogP contribution in [0, 0.1) is 0 Å². The smallest absolute Gasteiger partial charge is 0.311 e. The molecule has 1 fully saturated rings. The zero-order valence-corrected chi connectivity index (χ0v) is 25.7. The van der Waals surface area contributed by atoms with Crippen molar-refractivity contribution in [2.45, 2.75) is 50.7 Å². The van der Waals surface area contributed by atoms with Gasteiger partial charge in [0.05, 0.1) is 19.1 Å². The number of piperidine rings is 1. The average molecular weight is 620 g/mol. The molecule has 1 amide bonds. The SMILES string of the molecule is Cl.O=C(CC(N=S(=O)=O)c1ccccc1)NC1CCOc2ccc(CN3CCCCC3)cc21.c1ccc2ccccc2c1. The quantitative estimate of drug-likeness (QED) is 0.239. The monoisotopic (exact) mass is 619 g/mol. The number of hydrogen-bond donors (Lipinski definition) is 1. The van der Waals surface area contributed by atoms with E-state index in [4.69, 9.17) is 4.74 Å². The van der Waals surface area contributed by atoms with Crippen LogP contribution in [0.5, 0.6) is 5.75 Å². The molecule has 4 aromatic carbocycles. The highest BCUT2D eigenvalue weighted by atomic mass is 35.5. The first kappa shape index (κ1) is 32.2. The summed E-state index contributed by atoms with van der Waals surface area (Å²) in [5.41, 5.74) is 2.90. The minimum Gasteiger partial charge on any atom is -0.493 e. The van der Waals surface area contributed by atoms with Crippen molar-refractivity contribution in [3.05, 3.63) is 114 Å². The van der Waals surface area contributed by atoms with E-state index in [-0.39, 0.29) is 30.8 Å². The van der Waals surface area contributed by atoms with Gasteiger partial charge in [-0.05, 0) is 60.0 Å². The Hall–Kier alpha value is -3.72. The molecule has 0 aliphatic carbocycles. The molecule has 2 heterocycles. The van der Waals surface area contributed by atoms with E-state index >= 15 is 0 Å². The van der Waals surface area contributed by atoms with Crippen LogP contribution >= 0.6 is 12.4 Å². The molecule has 43 heavy (non-hydrogen) atoms. The minimum atomic E-state index is -2.59. The van der Waals surface area contributed by atoms with E-state index in [0.717, 1.165) is 30.9 Å². The number of rotatable bonds is 7. The molecule has 1 N–H and O–H groups in total. The van der Waals surface area contributed by atoms with Gasteiger partial charge in [0.15, 0.2) is 0 Å². The highest BCUT2D eigenvalue weighted by Crippen LogP contribution is 2.34. The summed E-state index contributed by atoms with van der Waals surface area (Å²) in [6.07, 6.45) is 4.44. The van der Waals surface area contributed by atoms with Crippen LogP contribution in [0.15, 0.2) is 101 Å². The van der Waals surface area contributed by atoms with E-state index < -0.39 is 16.5 Å². The third-order valence-electron chi connectivity index (χ3n) is 7.74. The fourth-order valence-corrected chi connectivity index (χ4v) is 6.03. The zero-order chi connectivity index (χ0) is 29.1. The van der Waals surface area contributed by atoms with Gasteiger partial charge in [-0.25, -0.2) is 0 Å². The summed E-state index contributed by atoms with van der Waals surface area (Å²) >= 11 is 0. The van der Waals surface area contributed by atoms with Crippen LogP contribution in [-0.2, 0) is 21.8 Å². The van der Waals surface area contributed by atoms with E-state index in [9.17, 15) is 13.2 Å². The Morgan fingerprint density at radius 2 is 1.51 bits per heavy atom. The van der Waals surface area contributed by atoms with Gasteiger partial charge in [0.2, 0.25) is 5.91 Å². The summed E-state index contributed by atoms with van der Waals surface area (Å²) in [5, 5.41) is 5.71. The van der Waals surface area contributed by atoms with Crippen molar-refractivity contribution >= 4 is 39.6 Å². The lowest BCUT2D eigenvalue weighted by Crippen LogP contribution is -2.33. The number of halogens is 1. The first-order chi connectivity index (χ1) is 20.5. The largest absolute Gasteiger partial charge is 0.493 e. The fraction of sp³-hybridized carbons (Fsp3) is 0.324. The van der Waals surface area contributed by atoms with Gasteiger partial charge in [0, 0.05) is 18.5 Å². The average Bonchev–Trinajstić information content (AvgIpc) is 3.02. The standard InChI is InChI=1S/C24H29N3O4S.C10H8.ClH/c28-24(16-22(26-32(29)30)19-7-3-1-4-8-19)25-21-11-14-31-23-10-9-18(15-20(21)23)17-27-12-5-2-6-13-27;1-2-6-10-8-4-3-7-9(10)5-1;/h1,3-4,7-10,15,21-22H,2,5-6,11-14,16-17H2,(H,25,28);1-8H;1H. The fourth-order valence-electron chi connectivity index (χ4n) is 5.62. The summed E-state index contributed by atoms with van der Waals surface area (Å²) in [4.78, 5) is 15.3. The second-order valence-electron chi connectivity index (χ2n) is 10.8. The van der Waals surface area contributed by atoms with E-state index in [1.807, 2.05) is 24.3 Å². The number of fused-ring (bicyclic) bond motifs is 2. The third kappa shape index (κ3) is 9.38. The Morgan fingerprint density at radius 3 is 2.14 bits per heavy atom. The van der Waals surface area contributed by atoms with Gasteiger partial charge in [0.1, 0.15) is 11.8 Å². The number of amides is 1. The molecular formula is C34H38ClN3O4S. The minimum absolute atomic E-state index is 0. The maximum absolute atomic E-state index is 12.9. The van der Waals surface area contributed by atoms with E-state index in [1.54, 1.807) is 12.1 Å². The summed E-state index contributed by atoms with van der Waals surface area (Å²) in [7, 11) is -2.59. The number of nitrogens with zero attached hydrogens (tertiary/aromatic N) is 2. The molecule has 0 saturated carbocycles. The van der Waals surface area contributed by atoms with Crippen molar-refractivity contribution in [2.24, 2.45) is 4.36 Å². The van der Waals surface area contributed by atoms with Crippen molar-refractivity contribution < 1.29 is 17.9 Å². The predicted molar refractivity (Wildman–Crippen MR) is 173 cm³/mol. The van der Waals surface area contributed by atoms with E-state index in [0.29, 0.717) is 18.6 Å².